The lowest BCUT2D eigenvalue weighted by Gasteiger charge is -2.36. The lowest BCUT2D eigenvalue weighted by molar-refractivity contribution is -0.0462. The van der Waals surface area contributed by atoms with Gasteiger partial charge in [0.1, 0.15) is 0 Å². The highest BCUT2D eigenvalue weighted by molar-refractivity contribution is 4.80. The molecule has 2 atom stereocenters. The van der Waals surface area contributed by atoms with Crippen LogP contribution in [0.15, 0.2) is 0 Å². The Balaban J connectivity index is 2.40. The highest BCUT2D eigenvalue weighted by Gasteiger charge is 2.25. The van der Waals surface area contributed by atoms with Gasteiger partial charge in [0.25, 0.3) is 0 Å². The molecule has 0 aliphatic carbocycles. The quantitative estimate of drug-likeness (QED) is 0.497. The van der Waals surface area contributed by atoms with Crippen molar-refractivity contribution >= 4 is 0 Å². The van der Waals surface area contributed by atoms with E-state index in [0.717, 1.165) is 39.1 Å². The molecule has 2 unspecified atom stereocenters. The summed E-state index contributed by atoms with van der Waals surface area (Å²) in [6.45, 7) is 8.35. The first-order valence-electron chi connectivity index (χ1n) is 5.61. The number of hydrazine groups is 1. The molecule has 3 N–H and O–H groups in total. The van der Waals surface area contributed by atoms with Crippen LogP contribution in [0.2, 0.25) is 0 Å². The number of likely N-dealkylation sites (N-methyl/N-ethyl adjacent to an activating group) is 1. The fourth-order valence-electron chi connectivity index (χ4n) is 1.95. The number of ether oxygens (including phenoxy) is 1. The van der Waals surface area contributed by atoms with E-state index in [-0.39, 0.29) is 6.10 Å². The standard InChI is InChI=1S/C10H23N3O/c1-3-5-9(12-11)10-8-13(4-2)6-7-14-10/h9-10,12H,3-8,11H2,1-2H3. The third kappa shape index (κ3) is 3.20. The molecule has 14 heavy (non-hydrogen) atoms. The molecule has 84 valence electrons. The molecule has 0 aromatic carbocycles. The van der Waals surface area contributed by atoms with Gasteiger partial charge in [-0.2, -0.15) is 0 Å². The second-order valence-corrected chi connectivity index (χ2v) is 3.86. The summed E-state index contributed by atoms with van der Waals surface area (Å²) < 4.78 is 5.73. The topological polar surface area (TPSA) is 50.5 Å². The Bertz CT molecular complexity index is 154. The van der Waals surface area contributed by atoms with E-state index < -0.39 is 0 Å². The molecular weight excluding hydrogens is 178 g/mol. The summed E-state index contributed by atoms with van der Waals surface area (Å²) in [7, 11) is 0. The number of nitrogens with one attached hydrogen (secondary N) is 1. The van der Waals surface area contributed by atoms with Gasteiger partial charge < -0.3 is 4.74 Å². The lowest BCUT2D eigenvalue weighted by atomic mass is 10.0. The van der Waals surface area contributed by atoms with Gasteiger partial charge in [-0.1, -0.05) is 20.3 Å². The zero-order valence-corrected chi connectivity index (χ0v) is 9.33. The Morgan fingerprint density at radius 3 is 2.93 bits per heavy atom. The largest absolute Gasteiger partial charge is 0.374 e. The number of rotatable bonds is 5. The number of hydrogen-bond donors (Lipinski definition) is 2. The van der Waals surface area contributed by atoms with E-state index in [1.807, 2.05) is 0 Å². The van der Waals surface area contributed by atoms with Crippen molar-refractivity contribution < 1.29 is 4.74 Å². The predicted molar refractivity (Wildman–Crippen MR) is 57.9 cm³/mol. The van der Waals surface area contributed by atoms with E-state index in [1.54, 1.807) is 0 Å². The molecule has 1 aliphatic heterocycles. The Morgan fingerprint density at radius 2 is 2.36 bits per heavy atom. The predicted octanol–water partition coefficient (Wildman–Crippen LogP) is 0.339. The van der Waals surface area contributed by atoms with E-state index in [2.05, 4.69) is 24.2 Å². The minimum Gasteiger partial charge on any atom is -0.374 e. The second-order valence-electron chi connectivity index (χ2n) is 3.86. The first-order valence-corrected chi connectivity index (χ1v) is 5.61. The summed E-state index contributed by atoms with van der Waals surface area (Å²) >= 11 is 0. The Labute approximate surface area is 86.8 Å². The molecule has 1 fully saturated rings. The van der Waals surface area contributed by atoms with Crippen molar-refractivity contribution in [1.82, 2.24) is 10.3 Å². The van der Waals surface area contributed by atoms with Crippen LogP contribution in [0.3, 0.4) is 0 Å². The first-order chi connectivity index (χ1) is 6.81. The van der Waals surface area contributed by atoms with Gasteiger partial charge in [-0.25, -0.2) is 0 Å². The number of nitrogens with zero attached hydrogens (tertiary/aromatic N) is 1. The molecule has 0 aromatic heterocycles. The van der Waals surface area contributed by atoms with Gasteiger partial charge in [0.2, 0.25) is 0 Å². The Kier molecular flexibility index (Phi) is 5.40. The maximum Gasteiger partial charge on any atom is 0.0868 e. The third-order valence-electron chi connectivity index (χ3n) is 2.89. The van der Waals surface area contributed by atoms with Crippen LogP contribution >= 0.6 is 0 Å². The van der Waals surface area contributed by atoms with Crippen LogP contribution in [0.1, 0.15) is 26.7 Å². The van der Waals surface area contributed by atoms with Crippen molar-refractivity contribution in [2.45, 2.75) is 38.8 Å². The maximum atomic E-state index is 5.73. The summed E-state index contributed by atoms with van der Waals surface area (Å²) in [6.07, 6.45) is 2.48. The number of nitrogens with two attached hydrogens (primary N) is 1. The number of morpholine rings is 1. The molecule has 4 heteroatoms. The molecule has 1 saturated heterocycles. The molecule has 4 nitrogen and oxygen atoms in total. The second kappa shape index (κ2) is 6.35. The molecule has 0 aromatic rings. The molecule has 0 amide bonds. The fourth-order valence-corrected chi connectivity index (χ4v) is 1.95. The zero-order chi connectivity index (χ0) is 10.4. The molecule has 0 saturated carbocycles. The maximum absolute atomic E-state index is 5.73. The van der Waals surface area contributed by atoms with E-state index in [9.17, 15) is 0 Å². The van der Waals surface area contributed by atoms with Gasteiger partial charge in [0.15, 0.2) is 0 Å². The van der Waals surface area contributed by atoms with Gasteiger partial charge in [-0.3, -0.25) is 16.2 Å². The Hall–Kier alpha value is -0.160. The molecule has 0 spiro atoms. The fraction of sp³-hybridized carbons (Fsp3) is 1.00. The van der Waals surface area contributed by atoms with Crippen LogP contribution in [0.25, 0.3) is 0 Å². The normalized spacial score (nSPS) is 26.4. The summed E-state index contributed by atoms with van der Waals surface area (Å²) in [6, 6.07) is 0.300. The summed E-state index contributed by atoms with van der Waals surface area (Å²) in [5.74, 6) is 5.53. The smallest absolute Gasteiger partial charge is 0.0868 e. The van der Waals surface area contributed by atoms with Crippen LogP contribution in [0.4, 0.5) is 0 Å². The van der Waals surface area contributed by atoms with Gasteiger partial charge in [0, 0.05) is 19.1 Å². The minimum absolute atomic E-state index is 0.258. The molecule has 0 bridgehead atoms. The zero-order valence-electron chi connectivity index (χ0n) is 9.33. The van der Waals surface area contributed by atoms with Crippen molar-refractivity contribution in [3.05, 3.63) is 0 Å². The van der Waals surface area contributed by atoms with Crippen LogP contribution in [0, 0.1) is 0 Å². The van der Waals surface area contributed by atoms with Crippen molar-refractivity contribution in [2.75, 3.05) is 26.2 Å². The van der Waals surface area contributed by atoms with Crippen LogP contribution in [-0.4, -0.2) is 43.3 Å². The van der Waals surface area contributed by atoms with Crippen molar-refractivity contribution in [1.29, 1.82) is 0 Å². The Morgan fingerprint density at radius 1 is 1.57 bits per heavy atom. The monoisotopic (exact) mass is 201 g/mol. The van der Waals surface area contributed by atoms with Gasteiger partial charge in [-0.05, 0) is 13.0 Å². The average Bonchev–Trinajstić information content (AvgIpc) is 2.26. The molecule has 0 radical (unpaired) electrons. The van der Waals surface area contributed by atoms with E-state index in [1.165, 1.54) is 0 Å². The van der Waals surface area contributed by atoms with E-state index in [0.29, 0.717) is 6.04 Å². The van der Waals surface area contributed by atoms with Gasteiger partial charge in [-0.15, -0.1) is 0 Å². The van der Waals surface area contributed by atoms with Crippen LogP contribution in [-0.2, 0) is 4.74 Å². The average molecular weight is 201 g/mol. The van der Waals surface area contributed by atoms with Crippen LogP contribution < -0.4 is 11.3 Å². The lowest BCUT2D eigenvalue weighted by Crippen LogP contribution is -2.53. The van der Waals surface area contributed by atoms with Gasteiger partial charge in [0.05, 0.1) is 12.7 Å². The van der Waals surface area contributed by atoms with Gasteiger partial charge >= 0.3 is 0 Å². The summed E-state index contributed by atoms with van der Waals surface area (Å²) in [5.41, 5.74) is 2.87. The van der Waals surface area contributed by atoms with Crippen molar-refractivity contribution in [3.8, 4) is 0 Å². The molecular formula is C10H23N3O. The SMILES string of the molecule is CCCC(NN)C1CN(CC)CCO1. The number of hydrogen-bond acceptors (Lipinski definition) is 4. The highest BCUT2D eigenvalue weighted by Crippen LogP contribution is 2.11. The molecule has 1 heterocycles. The molecule has 1 aliphatic rings. The minimum atomic E-state index is 0.258. The van der Waals surface area contributed by atoms with E-state index >= 15 is 0 Å². The summed E-state index contributed by atoms with van der Waals surface area (Å²) in [4.78, 5) is 2.41. The van der Waals surface area contributed by atoms with Crippen molar-refractivity contribution in [2.24, 2.45) is 5.84 Å². The van der Waals surface area contributed by atoms with Crippen LogP contribution in [0.5, 0.6) is 0 Å². The molecule has 1 rings (SSSR count). The summed E-state index contributed by atoms with van der Waals surface area (Å²) in [5, 5.41) is 0. The van der Waals surface area contributed by atoms with Crippen molar-refractivity contribution in [3.63, 3.8) is 0 Å². The van der Waals surface area contributed by atoms with E-state index in [4.69, 9.17) is 10.6 Å². The highest BCUT2D eigenvalue weighted by atomic mass is 16.5. The third-order valence-corrected chi connectivity index (χ3v) is 2.89. The first kappa shape index (κ1) is 11.9.